The van der Waals surface area contributed by atoms with Crippen LogP contribution in [0.15, 0.2) is 0 Å². The molecule has 2 heteroatoms. The van der Waals surface area contributed by atoms with Crippen LogP contribution >= 0.6 is 0 Å². The molecule has 1 radical (unpaired) electrons. The summed E-state index contributed by atoms with van der Waals surface area (Å²) in [6, 6.07) is 0.427. The fraction of sp³-hybridized carbons (Fsp3) is 0.857. The Morgan fingerprint density at radius 3 is 3.00 bits per heavy atom. The zero-order chi connectivity index (χ0) is 6.53. The van der Waals surface area contributed by atoms with Crippen LogP contribution in [0.2, 0.25) is 0 Å². The van der Waals surface area contributed by atoms with Gasteiger partial charge >= 0.3 is 0 Å². The lowest BCUT2D eigenvalue weighted by atomic mass is 10.0. The zero-order valence-electron chi connectivity index (χ0n) is 5.52. The van der Waals surface area contributed by atoms with E-state index in [1.807, 2.05) is 6.29 Å². The van der Waals surface area contributed by atoms with Crippen molar-refractivity contribution in [3.8, 4) is 0 Å². The van der Waals surface area contributed by atoms with Crippen LogP contribution in [-0.2, 0) is 4.79 Å². The largest absolute Gasteiger partial charge is 0.314 e. The van der Waals surface area contributed by atoms with Crippen molar-refractivity contribution in [3.05, 3.63) is 0 Å². The van der Waals surface area contributed by atoms with E-state index in [4.69, 9.17) is 0 Å². The van der Waals surface area contributed by atoms with Crippen molar-refractivity contribution in [3.63, 3.8) is 0 Å². The molecule has 1 aliphatic heterocycles. The number of rotatable bonds is 2. The van der Waals surface area contributed by atoms with Gasteiger partial charge in [-0.1, -0.05) is 6.42 Å². The Bertz CT molecular complexity index is 86.9. The Kier molecular flexibility index (Phi) is 2.71. The van der Waals surface area contributed by atoms with Crippen molar-refractivity contribution >= 4 is 6.29 Å². The fourth-order valence-electron chi connectivity index (χ4n) is 1.20. The maximum absolute atomic E-state index is 9.91. The van der Waals surface area contributed by atoms with E-state index >= 15 is 0 Å². The molecular formula is C7H12NO. The second-order valence-corrected chi connectivity index (χ2v) is 2.50. The molecule has 1 saturated heterocycles. The molecule has 0 bridgehead atoms. The average molecular weight is 126 g/mol. The van der Waals surface area contributed by atoms with Crippen LogP contribution in [0.1, 0.15) is 25.7 Å². The normalized spacial score (nSPS) is 27.8. The molecule has 9 heavy (non-hydrogen) atoms. The van der Waals surface area contributed by atoms with Crippen LogP contribution in [0.3, 0.4) is 0 Å². The van der Waals surface area contributed by atoms with Gasteiger partial charge in [0.2, 0.25) is 0 Å². The average Bonchev–Trinajstić information content (AvgIpc) is 1.91. The monoisotopic (exact) mass is 126 g/mol. The Balaban J connectivity index is 2.15. The smallest absolute Gasteiger partial charge is 0.199 e. The van der Waals surface area contributed by atoms with E-state index in [1.54, 1.807) is 0 Å². The van der Waals surface area contributed by atoms with Gasteiger partial charge < -0.3 is 5.32 Å². The highest BCUT2D eigenvalue weighted by Crippen LogP contribution is 2.07. The van der Waals surface area contributed by atoms with Crippen molar-refractivity contribution in [1.29, 1.82) is 0 Å². The van der Waals surface area contributed by atoms with E-state index in [0.717, 1.165) is 13.0 Å². The molecule has 0 aromatic carbocycles. The lowest BCUT2D eigenvalue weighted by molar-refractivity contribution is 0.403. The summed E-state index contributed by atoms with van der Waals surface area (Å²) >= 11 is 0. The molecule has 0 aliphatic carbocycles. The van der Waals surface area contributed by atoms with Gasteiger partial charge in [0.25, 0.3) is 0 Å². The minimum atomic E-state index is 0.427. The number of hydrogen-bond acceptors (Lipinski definition) is 2. The highest BCUT2D eigenvalue weighted by Gasteiger charge is 2.10. The second kappa shape index (κ2) is 3.62. The Morgan fingerprint density at radius 1 is 1.56 bits per heavy atom. The van der Waals surface area contributed by atoms with Crippen LogP contribution in [0.4, 0.5) is 0 Å². The highest BCUT2D eigenvalue weighted by molar-refractivity contribution is 5.51. The van der Waals surface area contributed by atoms with Gasteiger partial charge in [0, 0.05) is 12.5 Å². The molecule has 0 saturated carbocycles. The summed E-state index contributed by atoms with van der Waals surface area (Å²) in [6.07, 6.45) is 6.16. The topological polar surface area (TPSA) is 29.1 Å². The molecule has 2 nitrogen and oxygen atoms in total. The molecule has 0 spiro atoms. The predicted molar refractivity (Wildman–Crippen MR) is 36.0 cm³/mol. The molecule has 1 atom stereocenters. The van der Waals surface area contributed by atoms with E-state index in [2.05, 4.69) is 5.32 Å². The molecule has 1 fully saturated rings. The number of nitrogens with one attached hydrogen (secondary N) is 1. The lowest BCUT2D eigenvalue weighted by Crippen LogP contribution is -2.33. The van der Waals surface area contributed by atoms with Gasteiger partial charge in [-0.15, -0.1) is 0 Å². The van der Waals surface area contributed by atoms with Gasteiger partial charge in [-0.2, -0.15) is 0 Å². The SMILES string of the molecule is O=[C]CC1CCCCN1. The predicted octanol–water partition coefficient (Wildman–Crippen LogP) is 0.628. The molecular weight excluding hydrogens is 114 g/mol. The van der Waals surface area contributed by atoms with E-state index in [1.165, 1.54) is 12.8 Å². The van der Waals surface area contributed by atoms with Crippen LogP contribution < -0.4 is 5.32 Å². The summed E-state index contributed by atoms with van der Waals surface area (Å²) in [6.45, 7) is 1.08. The Hall–Kier alpha value is -0.370. The minimum absolute atomic E-state index is 0.427. The third kappa shape index (κ3) is 2.14. The van der Waals surface area contributed by atoms with Crippen molar-refractivity contribution in [2.75, 3.05) is 6.54 Å². The Morgan fingerprint density at radius 2 is 2.44 bits per heavy atom. The molecule has 0 aromatic heterocycles. The second-order valence-electron chi connectivity index (χ2n) is 2.50. The summed E-state index contributed by atoms with van der Waals surface area (Å²) in [7, 11) is 0. The maximum Gasteiger partial charge on any atom is 0.199 e. The summed E-state index contributed by atoms with van der Waals surface area (Å²) in [4.78, 5) is 9.91. The van der Waals surface area contributed by atoms with Gasteiger partial charge in [0.1, 0.15) is 0 Å². The van der Waals surface area contributed by atoms with Gasteiger partial charge in [0.05, 0.1) is 0 Å². The van der Waals surface area contributed by atoms with E-state index in [0.29, 0.717) is 12.5 Å². The van der Waals surface area contributed by atoms with Crippen molar-refractivity contribution in [2.45, 2.75) is 31.7 Å². The molecule has 51 valence electrons. The van der Waals surface area contributed by atoms with E-state index < -0.39 is 0 Å². The third-order valence-corrected chi connectivity index (χ3v) is 1.74. The minimum Gasteiger partial charge on any atom is -0.314 e. The molecule has 1 unspecified atom stereocenters. The summed E-state index contributed by atoms with van der Waals surface area (Å²) in [5.41, 5.74) is 0. The quantitative estimate of drug-likeness (QED) is 0.588. The van der Waals surface area contributed by atoms with Crippen molar-refractivity contribution in [2.24, 2.45) is 0 Å². The molecule has 1 aliphatic rings. The van der Waals surface area contributed by atoms with Crippen LogP contribution in [-0.4, -0.2) is 18.9 Å². The summed E-state index contributed by atoms with van der Waals surface area (Å²) in [5.74, 6) is 0. The number of carbonyl (C=O) groups excluding carboxylic acids is 1. The first-order valence-corrected chi connectivity index (χ1v) is 3.52. The number of piperidine rings is 1. The van der Waals surface area contributed by atoms with Crippen molar-refractivity contribution in [1.82, 2.24) is 5.32 Å². The van der Waals surface area contributed by atoms with Gasteiger partial charge in [-0.3, -0.25) is 4.79 Å². The first-order chi connectivity index (χ1) is 4.43. The molecule has 0 aromatic rings. The van der Waals surface area contributed by atoms with Crippen LogP contribution in [0.25, 0.3) is 0 Å². The lowest BCUT2D eigenvalue weighted by Gasteiger charge is -2.20. The van der Waals surface area contributed by atoms with Gasteiger partial charge in [0.15, 0.2) is 6.29 Å². The molecule has 1 heterocycles. The van der Waals surface area contributed by atoms with Crippen molar-refractivity contribution < 1.29 is 4.79 Å². The van der Waals surface area contributed by atoms with Gasteiger partial charge in [-0.05, 0) is 19.4 Å². The molecule has 1 rings (SSSR count). The zero-order valence-corrected chi connectivity index (χ0v) is 5.52. The maximum atomic E-state index is 9.91. The highest BCUT2D eigenvalue weighted by atomic mass is 16.1. The first kappa shape index (κ1) is 6.75. The molecule has 0 amide bonds. The summed E-state index contributed by atoms with van der Waals surface area (Å²) in [5, 5.41) is 3.26. The first-order valence-electron chi connectivity index (χ1n) is 3.52. The van der Waals surface area contributed by atoms with Crippen LogP contribution in [0.5, 0.6) is 0 Å². The number of hydrogen-bond donors (Lipinski definition) is 1. The standard InChI is InChI=1S/C7H12NO/c9-6-4-7-3-1-2-5-8-7/h7-8H,1-5H2. The van der Waals surface area contributed by atoms with E-state index in [-0.39, 0.29) is 0 Å². The Labute approximate surface area is 55.6 Å². The van der Waals surface area contributed by atoms with Crippen LogP contribution in [0, 0.1) is 0 Å². The fourth-order valence-corrected chi connectivity index (χ4v) is 1.20. The summed E-state index contributed by atoms with van der Waals surface area (Å²) < 4.78 is 0. The molecule has 1 N–H and O–H groups in total. The van der Waals surface area contributed by atoms with Gasteiger partial charge in [-0.25, -0.2) is 0 Å². The van der Waals surface area contributed by atoms with E-state index in [9.17, 15) is 4.79 Å². The third-order valence-electron chi connectivity index (χ3n) is 1.74.